The van der Waals surface area contributed by atoms with Gasteiger partial charge in [0, 0.05) is 10.9 Å². The molecule has 3 heteroatoms. The lowest BCUT2D eigenvalue weighted by Gasteiger charge is -2.02. The van der Waals surface area contributed by atoms with Crippen molar-refractivity contribution in [3.05, 3.63) is 34.3 Å². The largest absolute Gasteiger partial charge is 0.298 e. The number of hydrogen-bond acceptors (Lipinski definition) is 1. The number of halogens is 2. The number of hydrogen-bond donors (Lipinski definition) is 0. The first-order chi connectivity index (χ1) is 6.09. The van der Waals surface area contributed by atoms with Gasteiger partial charge >= 0.3 is 0 Å². The first kappa shape index (κ1) is 10.9. The van der Waals surface area contributed by atoms with E-state index < -0.39 is 0 Å². The Labute approximate surface area is 94.8 Å². The van der Waals surface area contributed by atoms with E-state index in [-0.39, 0.29) is 10.6 Å². The summed E-state index contributed by atoms with van der Waals surface area (Å²) in [5.41, 5.74) is 1.05. The number of benzene rings is 1. The van der Waals surface area contributed by atoms with E-state index in [1.54, 1.807) is 0 Å². The predicted octanol–water partition coefficient (Wildman–Crippen LogP) is 3.34. The molecule has 0 radical (unpaired) electrons. The highest BCUT2D eigenvalue weighted by Crippen LogP contribution is 2.13. The van der Waals surface area contributed by atoms with Crippen LogP contribution in [-0.2, 0) is 11.2 Å². The fourth-order valence-corrected chi connectivity index (χ4v) is 1.60. The molecular weight excluding hydrogens is 296 g/mol. The molecule has 0 saturated heterocycles. The summed E-state index contributed by atoms with van der Waals surface area (Å²) in [5.74, 6) is 0.207. The van der Waals surface area contributed by atoms with Crippen LogP contribution in [0.1, 0.15) is 12.5 Å². The molecule has 1 aromatic rings. The molecule has 1 unspecified atom stereocenters. The summed E-state index contributed by atoms with van der Waals surface area (Å²) >= 11 is 6.62. The highest BCUT2D eigenvalue weighted by molar-refractivity contribution is 9.10. The van der Waals surface area contributed by atoms with Crippen LogP contribution in [0.3, 0.4) is 0 Å². The summed E-state index contributed by atoms with van der Waals surface area (Å²) in [6, 6.07) is 7.81. The molecule has 1 nitrogen and oxygen atoms in total. The van der Waals surface area contributed by atoms with Crippen LogP contribution in [0.2, 0.25) is 0 Å². The average molecular weight is 306 g/mol. The highest BCUT2D eigenvalue weighted by atomic mass is 79.9. The van der Waals surface area contributed by atoms with E-state index in [2.05, 4.69) is 31.9 Å². The van der Waals surface area contributed by atoms with Crippen LogP contribution in [0.15, 0.2) is 28.7 Å². The zero-order valence-corrected chi connectivity index (χ0v) is 10.4. The maximum atomic E-state index is 11.4. The molecule has 1 atom stereocenters. The summed E-state index contributed by atoms with van der Waals surface area (Å²) in [5, 5.41) is 0. The van der Waals surface area contributed by atoms with E-state index in [1.807, 2.05) is 31.2 Å². The molecular formula is C10H10Br2O. The third-order valence-corrected chi connectivity index (χ3v) is 2.71. The zero-order valence-electron chi connectivity index (χ0n) is 7.26. The van der Waals surface area contributed by atoms with Gasteiger partial charge in [-0.15, -0.1) is 0 Å². The molecule has 0 heterocycles. The summed E-state index contributed by atoms with van der Waals surface area (Å²) in [7, 11) is 0. The Morgan fingerprint density at radius 2 is 2.23 bits per heavy atom. The normalized spacial score (nSPS) is 12.5. The Hall–Kier alpha value is -0.150. The average Bonchev–Trinajstić information content (AvgIpc) is 2.04. The highest BCUT2D eigenvalue weighted by Gasteiger charge is 2.09. The monoisotopic (exact) mass is 304 g/mol. The second-order valence-electron chi connectivity index (χ2n) is 2.89. The van der Waals surface area contributed by atoms with E-state index in [0.29, 0.717) is 6.42 Å². The van der Waals surface area contributed by atoms with Gasteiger partial charge in [0.1, 0.15) is 0 Å². The quantitative estimate of drug-likeness (QED) is 0.783. The Morgan fingerprint density at radius 1 is 1.54 bits per heavy atom. The Kier molecular flexibility index (Phi) is 4.13. The first-order valence-corrected chi connectivity index (χ1v) is 5.71. The van der Waals surface area contributed by atoms with Gasteiger partial charge in [-0.05, 0) is 24.6 Å². The van der Waals surface area contributed by atoms with Crippen LogP contribution in [-0.4, -0.2) is 10.6 Å². The third kappa shape index (κ3) is 3.61. The lowest BCUT2D eigenvalue weighted by molar-refractivity contribution is -0.117. The van der Waals surface area contributed by atoms with Gasteiger partial charge in [0.2, 0.25) is 0 Å². The minimum atomic E-state index is -0.0634. The number of carbonyl (C=O) groups excluding carboxylic acids is 1. The molecule has 0 fully saturated rings. The van der Waals surface area contributed by atoms with E-state index in [0.717, 1.165) is 10.0 Å². The molecule has 0 aliphatic carbocycles. The predicted molar refractivity (Wildman–Crippen MR) is 61.2 cm³/mol. The lowest BCUT2D eigenvalue weighted by Crippen LogP contribution is -2.12. The second-order valence-corrected chi connectivity index (χ2v) is 5.18. The van der Waals surface area contributed by atoms with Crippen molar-refractivity contribution in [2.45, 2.75) is 18.2 Å². The number of Topliss-reactive ketones (excluding diaryl/α,β-unsaturated/α-hetero) is 1. The smallest absolute Gasteiger partial charge is 0.150 e. The summed E-state index contributed by atoms with van der Waals surface area (Å²) < 4.78 is 1.01. The van der Waals surface area contributed by atoms with Gasteiger partial charge in [-0.2, -0.15) is 0 Å². The summed E-state index contributed by atoms with van der Waals surface area (Å²) in [6.45, 7) is 1.85. The van der Waals surface area contributed by atoms with Gasteiger partial charge in [0.25, 0.3) is 0 Å². The Morgan fingerprint density at radius 3 is 2.77 bits per heavy atom. The lowest BCUT2D eigenvalue weighted by atomic mass is 10.1. The maximum absolute atomic E-state index is 11.4. The minimum absolute atomic E-state index is 0.0634. The van der Waals surface area contributed by atoms with Crippen molar-refractivity contribution < 1.29 is 4.79 Å². The molecule has 13 heavy (non-hydrogen) atoms. The Balaban J connectivity index is 2.69. The van der Waals surface area contributed by atoms with E-state index >= 15 is 0 Å². The fraction of sp³-hybridized carbons (Fsp3) is 0.300. The second kappa shape index (κ2) is 4.91. The van der Waals surface area contributed by atoms with Gasteiger partial charge in [-0.25, -0.2) is 0 Å². The van der Waals surface area contributed by atoms with Crippen molar-refractivity contribution in [1.82, 2.24) is 0 Å². The molecule has 0 aliphatic heterocycles. The minimum Gasteiger partial charge on any atom is -0.298 e. The summed E-state index contributed by atoms with van der Waals surface area (Å²) in [6.07, 6.45) is 0.492. The van der Waals surface area contributed by atoms with Crippen molar-refractivity contribution in [3.63, 3.8) is 0 Å². The number of ketones is 1. The van der Waals surface area contributed by atoms with Crippen molar-refractivity contribution in [2.75, 3.05) is 0 Å². The van der Waals surface area contributed by atoms with Crippen LogP contribution < -0.4 is 0 Å². The van der Waals surface area contributed by atoms with E-state index in [1.165, 1.54) is 0 Å². The van der Waals surface area contributed by atoms with Gasteiger partial charge in [0.15, 0.2) is 5.78 Å². The SMILES string of the molecule is CC(Br)C(=O)Cc1cccc(Br)c1. The molecule has 0 aromatic heterocycles. The number of rotatable bonds is 3. The van der Waals surface area contributed by atoms with Crippen LogP contribution in [0.4, 0.5) is 0 Å². The Bertz CT molecular complexity index is 308. The molecule has 0 spiro atoms. The topological polar surface area (TPSA) is 17.1 Å². The molecule has 0 bridgehead atoms. The van der Waals surface area contributed by atoms with Crippen LogP contribution >= 0.6 is 31.9 Å². The van der Waals surface area contributed by atoms with Gasteiger partial charge in [-0.1, -0.05) is 44.0 Å². The molecule has 0 amide bonds. The number of carbonyl (C=O) groups is 1. The zero-order chi connectivity index (χ0) is 9.84. The molecule has 0 N–H and O–H groups in total. The van der Waals surface area contributed by atoms with Gasteiger partial charge in [0.05, 0.1) is 4.83 Å². The molecule has 0 saturated carbocycles. The van der Waals surface area contributed by atoms with E-state index in [9.17, 15) is 4.79 Å². The standard InChI is InChI=1S/C10H10Br2O/c1-7(11)10(13)6-8-3-2-4-9(12)5-8/h2-5,7H,6H2,1H3. The van der Waals surface area contributed by atoms with Crippen molar-refractivity contribution in [2.24, 2.45) is 0 Å². The fourth-order valence-electron chi connectivity index (χ4n) is 0.989. The number of alkyl halides is 1. The van der Waals surface area contributed by atoms with Gasteiger partial charge < -0.3 is 0 Å². The van der Waals surface area contributed by atoms with Gasteiger partial charge in [-0.3, -0.25) is 4.79 Å². The van der Waals surface area contributed by atoms with Crippen molar-refractivity contribution >= 4 is 37.6 Å². The maximum Gasteiger partial charge on any atom is 0.150 e. The van der Waals surface area contributed by atoms with Crippen molar-refractivity contribution in [3.8, 4) is 0 Å². The molecule has 0 aliphatic rings. The first-order valence-electron chi connectivity index (χ1n) is 4.01. The van der Waals surface area contributed by atoms with Crippen LogP contribution in [0.5, 0.6) is 0 Å². The summed E-state index contributed by atoms with van der Waals surface area (Å²) in [4.78, 5) is 11.3. The van der Waals surface area contributed by atoms with Crippen LogP contribution in [0.25, 0.3) is 0 Å². The third-order valence-electron chi connectivity index (χ3n) is 1.71. The van der Waals surface area contributed by atoms with E-state index in [4.69, 9.17) is 0 Å². The molecule has 70 valence electrons. The molecule has 1 aromatic carbocycles. The van der Waals surface area contributed by atoms with Crippen molar-refractivity contribution in [1.29, 1.82) is 0 Å². The molecule has 1 rings (SSSR count). The van der Waals surface area contributed by atoms with Crippen LogP contribution in [0, 0.1) is 0 Å².